The van der Waals surface area contributed by atoms with E-state index in [2.05, 4.69) is 9.97 Å². The van der Waals surface area contributed by atoms with Crippen LogP contribution in [0.1, 0.15) is 36.6 Å². The van der Waals surface area contributed by atoms with Gasteiger partial charge in [-0.25, -0.2) is 14.4 Å². The van der Waals surface area contributed by atoms with Gasteiger partial charge in [-0.3, -0.25) is 0 Å². The standard InChI is InChI=1S/C11H13F4N3/c12-10(1-2-10)3-7(4-16)8-5-17-9(18-6-8)11(13,14)15/h5-7H,1-4,16H2/t7-/m0/s1. The van der Waals surface area contributed by atoms with Crippen molar-refractivity contribution in [2.24, 2.45) is 5.73 Å². The Balaban J connectivity index is 2.12. The number of halogens is 4. The molecule has 1 aromatic rings. The predicted molar refractivity (Wildman–Crippen MR) is 56.5 cm³/mol. The van der Waals surface area contributed by atoms with Crippen LogP contribution >= 0.6 is 0 Å². The fraction of sp³-hybridized carbons (Fsp3) is 0.636. The molecule has 18 heavy (non-hydrogen) atoms. The van der Waals surface area contributed by atoms with Gasteiger partial charge >= 0.3 is 6.18 Å². The minimum atomic E-state index is -4.56. The van der Waals surface area contributed by atoms with Crippen molar-refractivity contribution in [1.82, 2.24) is 9.97 Å². The fourth-order valence-electron chi connectivity index (χ4n) is 1.81. The van der Waals surface area contributed by atoms with Crippen LogP contribution in [0.5, 0.6) is 0 Å². The summed E-state index contributed by atoms with van der Waals surface area (Å²) in [6, 6.07) is 0. The summed E-state index contributed by atoms with van der Waals surface area (Å²) in [5, 5.41) is 0. The highest BCUT2D eigenvalue weighted by atomic mass is 19.4. The maximum atomic E-state index is 13.6. The predicted octanol–water partition coefficient (Wildman–Crippen LogP) is 2.43. The third kappa shape index (κ3) is 2.95. The van der Waals surface area contributed by atoms with Crippen LogP contribution in [0.2, 0.25) is 0 Å². The summed E-state index contributed by atoms with van der Waals surface area (Å²) in [7, 11) is 0. The van der Waals surface area contributed by atoms with Crippen LogP contribution < -0.4 is 5.73 Å². The number of hydrogen-bond donors (Lipinski definition) is 1. The van der Waals surface area contributed by atoms with E-state index in [1.165, 1.54) is 0 Å². The van der Waals surface area contributed by atoms with Crippen molar-refractivity contribution in [3.63, 3.8) is 0 Å². The summed E-state index contributed by atoms with van der Waals surface area (Å²) in [6.45, 7) is 0.167. The Morgan fingerprint density at radius 2 is 1.83 bits per heavy atom. The Morgan fingerprint density at radius 1 is 1.28 bits per heavy atom. The molecule has 0 bridgehead atoms. The van der Waals surface area contributed by atoms with Crippen LogP contribution in [0.3, 0.4) is 0 Å². The minimum Gasteiger partial charge on any atom is -0.330 e. The van der Waals surface area contributed by atoms with Crippen LogP contribution in [0.4, 0.5) is 17.6 Å². The zero-order chi connectivity index (χ0) is 13.4. The maximum absolute atomic E-state index is 13.6. The van der Waals surface area contributed by atoms with Gasteiger partial charge in [0.05, 0.1) is 0 Å². The lowest BCUT2D eigenvalue weighted by Gasteiger charge is -2.17. The quantitative estimate of drug-likeness (QED) is 0.849. The van der Waals surface area contributed by atoms with E-state index < -0.39 is 17.7 Å². The molecule has 3 nitrogen and oxygen atoms in total. The average molecular weight is 263 g/mol. The first-order valence-electron chi connectivity index (χ1n) is 5.62. The molecular weight excluding hydrogens is 250 g/mol. The number of aromatic nitrogens is 2. The topological polar surface area (TPSA) is 51.8 Å². The van der Waals surface area contributed by atoms with Gasteiger partial charge in [-0.1, -0.05) is 0 Å². The number of alkyl halides is 4. The van der Waals surface area contributed by atoms with Crippen LogP contribution in [0.15, 0.2) is 12.4 Å². The van der Waals surface area contributed by atoms with Gasteiger partial charge in [0.25, 0.3) is 0 Å². The summed E-state index contributed by atoms with van der Waals surface area (Å²) in [4.78, 5) is 6.51. The SMILES string of the molecule is NC[C@H](CC1(F)CC1)c1cnc(C(F)(F)F)nc1. The summed E-state index contributed by atoms with van der Waals surface area (Å²) in [6.07, 6.45) is -1.19. The molecule has 1 aromatic heterocycles. The lowest BCUT2D eigenvalue weighted by molar-refractivity contribution is -0.145. The molecule has 7 heteroatoms. The molecule has 100 valence electrons. The molecule has 1 aliphatic rings. The third-order valence-electron chi connectivity index (χ3n) is 3.09. The Kier molecular flexibility index (Phi) is 3.27. The molecule has 2 rings (SSSR count). The van der Waals surface area contributed by atoms with E-state index >= 15 is 0 Å². The number of hydrogen-bond acceptors (Lipinski definition) is 3. The normalized spacial score (nSPS) is 19.6. The fourth-order valence-corrected chi connectivity index (χ4v) is 1.81. The van der Waals surface area contributed by atoms with Gasteiger partial charge in [0.15, 0.2) is 0 Å². The Labute approximate surface area is 101 Å². The molecule has 1 heterocycles. The van der Waals surface area contributed by atoms with Crippen molar-refractivity contribution < 1.29 is 17.6 Å². The zero-order valence-corrected chi connectivity index (χ0v) is 9.54. The summed E-state index contributed by atoms with van der Waals surface area (Å²) >= 11 is 0. The molecule has 2 N–H and O–H groups in total. The monoisotopic (exact) mass is 263 g/mol. The molecule has 0 radical (unpaired) electrons. The highest BCUT2D eigenvalue weighted by Gasteiger charge is 2.44. The van der Waals surface area contributed by atoms with Crippen LogP contribution in [0.25, 0.3) is 0 Å². The van der Waals surface area contributed by atoms with E-state index in [0.29, 0.717) is 18.4 Å². The van der Waals surface area contributed by atoms with E-state index in [1.54, 1.807) is 0 Å². The maximum Gasteiger partial charge on any atom is 0.451 e. The second kappa shape index (κ2) is 4.46. The first kappa shape index (κ1) is 13.2. The van der Waals surface area contributed by atoms with Gasteiger partial charge in [0, 0.05) is 18.3 Å². The first-order valence-corrected chi connectivity index (χ1v) is 5.62. The Bertz CT molecular complexity index is 411. The molecule has 1 saturated carbocycles. The molecule has 1 aliphatic carbocycles. The summed E-state index contributed by atoms with van der Waals surface area (Å²) in [5.74, 6) is -1.52. The lowest BCUT2D eigenvalue weighted by atomic mass is 9.95. The second-order valence-electron chi connectivity index (χ2n) is 4.63. The lowest BCUT2D eigenvalue weighted by Crippen LogP contribution is -2.19. The number of rotatable bonds is 4. The van der Waals surface area contributed by atoms with Gasteiger partial charge in [-0.2, -0.15) is 13.2 Å². The Morgan fingerprint density at radius 3 is 2.22 bits per heavy atom. The zero-order valence-electron chi connectivity index (χ0n) is 9.54. The van der Waals surface area contributed by atoms with E-state index in [4.69, 9.17) is 5.73 Å². The highest BCUT2D eigenvalue weighted by Crippen LogP contribution is 2.46. The van der Waals surface area contributed by atoms with E-state index in [-0.39, 0.29) is 18.9 Å². The molecule has 0 aromatic carbocycles. The van der Waals surface area contributed by atoms with E-state index in [0.717, 1.165) is 12.4 Å². The van der Waals surface area contributed by atoms with Crippen LogP contribution in [-0.2, 0) is 6.18 Å². The van der Waals surface area contributed by atoms with Crippen molar-refractivity contribution in [3.05, 3.63) is 23.8 Å². The van der Waals surface area contributed by atoms with Crippen molar-refractivity contribution in [2.45, 2.75) is 37.0 Å². The van der Waals surface area contributed by atoms with Gasteiger partial charge < -0.3 is 5.73 Å². The van der Waals surface area contributed by atoms with Crippen LogP contribution in [-0.4, -0.2) is 22.2 Å². The van der Waals surface area contributed by atoms with Crippen LogP contribution in [0, 0.1) is 0 Å². The number of nitrogens with two attached hydrogens (primary N) is 1. The van der Waals surface area contributed by atoms with Crippen molar-refractivity contribution in [2.75, 3.05) is 6.54 Å². The van der Waals surface area contributed by atoms with E-state index in [9.17, 15) is 17.6 Å². The van der Waals surface area contributed by atoms with Gasteiger partial charge in [0.1, 0.15) is 5.67 Å². The molecule has 0 saturated heterocycles. The van der Waals surface area contributed by atoms with Gasteiger partial charge in [-0.05, 0) is 31.4 Å². The first-order chi connectivity index (χ1) is 8.34. The highest BCUT2D eigenvalue weighted by molar-refractivity contribution is 5.16. The molecule has 1 atom stereocenters. The molecular formula is C11H13F4N3. The summed E-state index contributed by atoms with van der Waals surface area (Å²) < 4.78 is 50.4. The smallest absolute Gasteiger partial charge is 0.330 e. The molecule has 0 unspecified atom stereocenters. The Hall–Kier alpha value is -1.24. The molecule has 0 spiro atoms. The molecule has 0 aliphatic heterocycles. The van der Waals surface area contributed by atoms with Crippen molar-refractivity contribution in [1.29, 1.82) is 0 Å². The second-order valence-corrected chi connectivity index (χ2v) is 4.63. The summed E-state index contributed by atoms with van der Waals surface area (Å²) in [5.41, 5.74) is 4.77. The van der Waals surface area contributed by atoms with E-state index in [1.807, 2.05) is 0 Å². The minimum absolute atomic E-state index is 0.167. The van der Waals surface area contributed by atoms with Gasteiger partial charge in [-0.15, -0.1) is 0 Å². The van der Waals surface area contributed by atoms with Gasteiger partial charge in [0.2, 0.25) is 5.82 Å². The molecule has 0 amide bonds. The number of nitrogens with zero attached hydrogens (tertiary/aromatic N) is 2. The average Bonchev–Trinajstić information content (AvgIpc) is 3.04. The molecule has 1 fully saturated rings. The third-order valence-corrected chi connectivity index (χ3v) is 3.09. The largest absolute Gasteiger partial charge is 0.451 e. The van der Waals surface area contributed by atoms with Crippen molar-refractivity contribution >= 4 is 0 Å². The van der Waals surface area contributed by atoms with Crippen molar-refractivity contribution in [3.8, 4) is 0 Å².